The van der Waals surface area contributed by atoms with Crippen LogP contribution in [0.2, 0.25) is 0 Å². The average Bonchev–Trinajstić information content (AvgIpc) is 2.51. The van der Waals surface area contributed by atoms with E-state index < -0.39 is 0 Å². The standard InChI is InChI=1S/C20H37NO/c1-3-5-6-7-8-9-10-11-12-13-14-15-16-17-18-19-20(22)21-4-2/h4,11-12H,2-3,5-10,13-19H2,1H3,(H,21,22)/b12-11+. The maximum Gasteiger partial charge on any atom is 0.223 e. The normalized spacial score (nSPS) is 11.0. The monoisotopic (exact) mass is 307 g/mol. The van der Waals surface area contributed by atoms with Crippen molar-refractivity contribution in [3.8, 4) is 0 Å². The number of rotatable bonds is 16. The van der Waals surface area contributed by atoms with Crippen LogP contribution in [0, 0.1) is 0 Å². The van der Waals surface area contributed by atoms with Crippen molar-refractivity contribution in [2.24, 2.45) is 0 Å². The lowest BCUT2D eigenvalue weighted by atomic mass is 10.1. The molecule has 0 heterocycles. The van der Waals surface area contributed by atoms with Gasteiger partial charge in [0.05, 0.1) is 0 Å². The summed E-state index contributed by atoms with van der Waals surface area (Å²) in [6.45, 7) is 5.75. The molecule has 2 heteroatoms. The van der Waals surface area contributed by atoms with Crippen LogP contribution in [-0.4, -0.2) is 5.91 Å². The van der Waals surface area contributed by atoms with Gasteiger partial charge in [-0.1, -0.05) is 77.0 Å². The van der Waals surface area contributed by atoms with Crippen LogP contribution >= 0.6 is 0 Å². The fourth-order valence-electron chi connectivity index (χ4n) is 2.54. The van der Waals surface area contributed by atoms with E-state index in [-0.39, 0.29) is 5.91 Å². The molecule has 0 aliphatic carbocycles. The van der Waals surface area contributed by atoms with Gasteiger partial charge >= 0.3 is 0 Å². The van der Waals surface area contributed by atoms with E-state index in [1.165, 1.54) is 76.8 Å². The lowest BCUT2D eigenvalue weighted by Gasteiger charge is -2.01. The highest BCUT2D eigenvalue weighted by Gasteiger charge is 1.97. The Hall–Kier alpha value is -1.05. The largest absolute Gasteiger partial charge is 0.333 e. The molecule has 0 fully saturated rings. The van der Waals surface area contributed by atoms with Gasteiger partial charge in [0.2, 0.25) is 5.91 Å². The van der Waals surface area contributed by atoms with Crippen molar-refractivity contribution in [2.45, 2.75) is 96.8 Å². The molecule has 0 aliphatic rings. The van der Waals surface area contributed by atoms with E-state index in [0.717, 1.165) is 12.8 Å². The molecule has 0 aromatic carbocycles. The second-order valence-electron chi connectivity index (χ2n) is 6.11. The van der Waals surface area contributed by atoms with Crippen LogP contribution in [0.1, 0.15) is 96.8 Å². The third-order valence-corrected chi connectivity index (χ3v) is 3.93. The highest BCUT2D eigenvalue weighted by atomic mass is 16.1. The van der Waals surface area contributed by atoms with Crippen molar-refractivity contribution in [3.05, 3.63) is 24.9 Å². The van der Waals surface area contributed by atoms with Gasteiger partial charge in [0.15, 0.2) is 0 Å². The van der Waals surface area contributed by atoms with Gasteiger partial charge < -0.3 is 5.32 Å². The Morgan fingerprint density at radius 1 is 0.818 bits per heavy atom. The van der Waals surface area contributed by atoms with Crippen LogP contribution in [0.15, 0.2) is 24.9 Å². The van der Waals surface area contributed by atoms with Crippen molar-refractivity contribution >= 4 is 5.91 Å². The second-order valence-corrected chi connectivity index (χ2v) is 6.11. The van der Waals surface area contributed by atoms with Crippen LogP contribution in [0.4, 0.5) is 0 Å². The van der Waals surface area contributed by atoms with Gasteiger partial charge in [-0.25, -0.2) is 0 Å². The topological polar surface area (TPSA) is 29.1 Å². The third kappa shape index (κ3) is 17.0. The maximum absolute atomic E-state index is 11.2. The van der Waals surface area contributed by atoms with E-state index in [0.29, 0.717) is 6.42 Å². The SMILES string of the molecule is C=CNC(=O)CCCCCCC/C=C/CCCCCCCC. The van der Waals surface area contributed by atoms with Crippen molar-refractivity contribution in [3.63, 3.8) is 0 Å². The van der Waals surface area contributed by atoms with Crippen molar-refractivity contribution < 1.29 is 4.79 Å². The van der Waals surface area contributed by atoms with Crippen LogP contribution in [0.5, 0.6) is 0 Å². The van der Waals surface area contributed by atoms with Gasteiger partial charge in [0, 0.05) is 6.42 Å². The van der Waals surface area contributed by atoms with Gasteiger partial charge in [-0.05, 0) is 38.3 Å². The molecule has 0 saturated heterocycles. The van der Waals surface area contributed by atoms with Crippen LogP contribution in [0.25, 0.3) is 0 Å². The van der Waals surface area contributed by atoms with E-state index in [1.54, 1.807) is 0 Å². The van der Waals surface area contributed by atoms with Crippen molar-refractivity contribution in [1.29, 1.82) is 0 Å². The van der Waals surface area contributed by atoms with Crippen LogP contribution in [0.3, 0.4) is 0 Å². The predicted molar refractivity (Wildman–Crippen MR) is 97.8 cm³/mol. The lowest BCUT2D eigenvalue weighted by Crippen LogP contribution is -2.15. The first-order chi connectivity index (χ1) is 10.8. The molecular formula is C20H37NO. The molecule has 0 aromatic heterocycles. The van der Waals surface area contributed by atoms with Gasteiger partial charge in [-0.3, -0.25) is 4.79 Å². The molecule has 128 valence electrons. The zero-order valence-electron chi connectivity index (χ0n) is 14.7. The van der Waals surface area contributed by atoms with E-state index in [9.17, 15) is 4.79 Å². The predicted octanol–water partition coefficient (Wildman–Crippen LogP) is 6.28. The first kappa shape index (κ1) is 20.9. The summed E-state index contributed by atoms with van der Waals surface area (Å²) < 4.78 is 0. The zero-order chi connectivity index (χ0) is 16.3. The number of carbonyl (C=O) groups excluding carboxylic acids is 1. The summed E-state index contributed by atoms with van der Waals surface area (Å²) in [7, 11) is 0. The minimum atomic E-state index is 0.0904. The molecule has 0 bridgehead atoms. The van der Waals surface area contributed by atoms with Gasteiger partial charge in [0.25, 0.3) is 0 Å². The first-order valence-electron chi connectivity index (χ1n) is 9.36. The Balaban J connectivity index is 3.14. The van der Waals surface area contributed by atoms with Gasteiger partial charge in [-0.2, -0.15) is 0 Å². The Morgan fingerprint density at radius 2 is 1.32 bits per heavy atom. The minimum absolute atomic E-state index is 0.0904. The molecular weight excluding hydrogens is 270 g/mol. The second kappa shape index (κ2) is 18.0. The van der Waals surface area contributed by atoms with Crippen molar-refractivity contribution in [2.75, 3.05) is 0 Å². The molecule has 1 N–H and O–H groups in total. The Morgan fingerprint density at radius 3 is 1.86 bits per heavy atom. The Labute approximate surface area is 138 Å². The molecule has 0 atom stereocenters. The van der Waals surface area contributed by atoms with E-state index in [2.05, 4.69) is 31.0 Å². The number of hydrogen-bond donors (Lipinski definition) is 1. The molecule has 0 unspecified atom stereocenters. The smallest absolute Gasteiger partial charge is 0.223 e. The van der Waals surface area contributed by atoms with Gasteiger partial charge in [-0.15, -0.1) is 0 Å². The van der Waals surface area contributed by atoms with Crippen LogP contribution in [-0.2, 0) is 4.79 Å². The van der Waals surface area contributed by atoms with E-state index >= 15 is 0 Å². The molecule has 22 heavy (non-hydrogen) atoms. The molecule has 0 aromatic rings. The summed E-state index contributed by atoms with van der Waals surface area (Å²) in [5.41, 5.74) is 0. The van der Waals surface area contributed by atoms with E-state index in [4.69, 9.17) is 0 Å². The average molecular weight is 308 g/mol. The lowest BCUT2D eigenvalue weighted by molar-refractivity contribution is -0.120. The number of amides is 1. The third-order valence-electron chi connectivity index (χ3n) is 3.93. The zero-order valence-corrected chi connectivity index (χ0v) is 14.7. The molecule has 0 spiro atoms. The highest BCUT2D eigenvalue weighted by Crippen LogP contribution is 2.09. The number of carbonyl (C=O) groups is 1. The summed E-state index contributed by atoms with van der Waals surface area (Å²) in [5, 5.41) is 2.61. The molecule has 0 aliphatic heterocycles. The minimum Gasteiger partial charge on any atom is -0.333 e. The van der Waals surface area contributed by atoms with Crippen LogP contribution < -0.4 is 5.32 Å². The van der Waals surface area contributed by atoms with E-state index in [1.807, 2.05) is 0 Å². The molecule has 0 radical (unpaired) electrons. The highest BCUT2D eigenvalue weighted by molar-refractivity contribution is 5.76. The summed E-state index contributed by atoms with van der Waals surface area (Å²) >= 11 is 0. The number of hydrogen-bond acceptors (Lipinski definition) is 1. The fraction of sp³-hybridized carbons (Fsp3) is 0.750. The molecule has 0 rings (SSSR count). The molecule has 2 nitrogen and oxygen atoms in total. The maximum atomic E-state index is 11.2. The summed E-state index contributed by atoms with van der Waals surface area (Å²) in [4.78, 5) is 11.2. The summed E-state index contributed by atoms with van der Waals surface area (Å²) in [6.07, 6.45) is 23.5. The Bertz CT molecular complexity index is 283. The summed E-state index contributed by atoms with van der Waals surface area (Å²) in [6, 6.07) is 0. The molecule has 1 amide bonds. The molecule has 0 saturated carbocycles. The first-order valence-corrected chi connectivity index (χ1v) is 9.36. The Kier molecular flexibility index (Phi) is 17.1. The number of unbranched alkanes of at least 4 members (excludes halogenated alkanes) is 11. The summed E-state index contributed by atoms with van der Waals surface area (Å²) in [5.74, 6) is 0.0904. The quantitative estimate of drug-likeness (QED) is 0.264. The fourth-order valence-corrected chi connectivity index (χ4v) is 2.54. The van der Waals surface area contributed by atoms with Crippen molar-refractivity contribution in [1.82, 2.24) is 5.32 Å². The number of allylic oxidation sites excluding steroid dienone is 2. The van der Waals surface area contributed by atoms with Gasteiger partial charge in [0.1, 0.15) is 0 Å². The number of nitrogens with one attached hydrogen (secondary N) is 1.